The first-order chi connectivity index (χ1) is 4.34. The third kappa shape index (κ3) is 1.55. The predicted molar refractivity (Wildman–Crippen MR) is 42.9 cm³/mol. The minimum absolute atomic E-state index is 0.787. The minimum Gasteiger partial charge on any atom is -0.0806 e. The molecule has 9 heavy (non-hydrogen) atoms. The van der Waals surface area contributed by atoms with Crippen molar-refractivity contribution in [2.45, 2.75) is 25.4 Å². The van der Waals surface area contributed by atoms with Gasteiger partial charge in [0, 0.05) is 0 Å². The summed E-state index contributed by atoms with van der Waals surface area (Å²) in [7, 11) is 1.09. The lowest BCUT2D eigenvalue weighted by molar-refractivity contribution is 1.20. The molecule has 0 aromatic heterocycles. The maximum atomic E-state index is 2.30. The molecular formula is C8H12Si. The van der Waals surface area contributed by atoms with E-state index in [0.717, 1.165) is 15.1 Å². The molecule has 0 N–H and O–H groups in total. The SMILES string of the molecule is CC[Si]C1C=CC=C1C. The van der Waals surface area contributed by atoms with Crippen LogP contribution in [0.2, 0.25) is 11.6 Å². The Morgan fingerprint density at radius 3 is 2.89 bits per heavy atom. The van der Waals surface area contributed by atoms with Crippen LogP contribution >= 0.6 is 0 Å². The van der Waals surface area contributed by atoms with Gasteiger partial charge in [0.05, 0.1) is 9.52 Å². The molecule has 0 bridgehead atoms. The monoisotopic (exact) mass is 136 g/mol. The van der Waals surface area contributed by atoms with Crippen molar-refractivity contribution in [2.24, 2.45) is 0 Å². The predicted octanol–water partition coefficient (Wildman–Crippen LogP) is 2.43. The van der Waals surface area contributed by atoms with Crippen molar-refractivity contribution in [2.75, 3.05) is 0 Å². The van der Waals surface area contributed by atoms with Crippen LogP contribution in [0, 0.1) is 0 Å². The Labute approximate surface area is 59.5 Å². The molecule has 0 amide bonds. The minimum atomic E-state index is 0.787. The van der Waals surface area contributed by atoms with Crippen molar-refractivity contribution in [3.63, 3.8) is 0 Å². The fourth-order valence-corrected chi connectivity index (χ4v) is 2.13. The third-order valence-corrected chi connectivity index (χ3v) is 3.07. The molecule has 0 fully saturated rings. The van der Waals surface area contributed by atoms with Gasteiger partial charge in [0.2, 0.25) is 0 Å². The van der Waals surface area contributed by atoms with Gasteiger partial charge in [-0.2, -0.15) is 0 Å². The molecule has 0 nitrogen and oxygen atoms in total. The van der Waals surface area contributed by atoms with Gasteiger partial charge in [0.15, 0.2) is 0 Å². The highest BCUT2D eigenvalue weighted by atomic mass is 28.2. The van der Waals surface area contributed by atoms with E-state index in [2.05, 4.69) is 32.1 Å². The van der Waals surface area contributed by atoms with Crippen LogP contribution in [0.15, 0.2) is 23.8 Å². The van der Waals surface area contributed by atoms with Crippen LogP contribution < -0.4 is 0 Å². The zero-order valence-electron chi connectivity index (χ0n) is 6.02. The van der Waals surface area contributed by atoms with Crippen LogP contribution in [0.4, 0.5) is 0 Å². The molecule has 0 spiro atoms. The van der Waals surface area contributed by atoms with E-state index in [0.29, 0.717) is 0 Å². The number of rotatable bonds is 2. The molecule has 1 heteroatoms. The van der Waals surface area contributed by atoms with E-state index in [-0.39, 0.29) is 0 Å². The van der Waals surface area contributed by atoms with Crippen LogP contribution in [-0.2, 0) is 0 Å². The van der Waals surface area contributed by atoms with E-state index in [9.17, 15) is 0 Å². The number of hydrogen-bond donors (Lipinski definition) is 0. The Hall–Kier alpha value is -0.303. The Morgan fingerprint density at radius 1 is 1.67 bits per heavy atom. The van der Waals surface area contributed by atoms with Crippen LogP contribution in [-0.4, -0.2) is 9.52 Å². The van der Waals surface area contributed by atoms with Crippen molar-refractivity contribution in [3.8, 4) is 0 Å². The molecule has 2 radical (unpaired) electrons. The zero-order valence-corrected chi connectivity index (χ0v) is 7.02. The second-order valence-electron chi connectivity index (χ2n) is 2.33. The van der Waals surface area contributed by atoms with Gasteiger partial charge in [0.1, 0.15) is 0 Å². The highest BCUT2D eigenvalue weighted by Crippen LogP contribution is 2.23. The fraction of sp³-hybridized carbons (Fsp3) is 0.500. The van der Waals surface area contributed by atoms with E-state index in [1.807, 2.05) is 0 Å². The lowest BCUT2D eigenvalue weighted by Crippen LogP contribution is -1.97. The van der Waals surface area contributed by atoms with Crippen molar-refractivity contribution in [1.29, 1.82) is 0 Å². The highest BCUT2D eigenvalue weighted by molar-refractivity contribution is 6.39. The summed E-state index contributed by atoms with van der Waals surface area (Å²) >= 11 is 0. The summed E-state index contributed by atoms with van der Waals surface area (Å²) < 4.78 is 0. The van der Waals surface area contributed by atoms with Gasteiger partial charge < -0.3 is 0 Å². The van der Waals surface area contributed by atoms with Crippen LogP contribution in [0.5, 0.6) is 0 Å². The first-order valence-corrected chi connectivity index (χ1v) is 4.71. The topological polar surface area (TPSA) is 0 Å². The molecule has 0 saturated carbocycles. The molecule has 0 heterocycles. The van der Waals surface area contributed by atoms with Crippen molar-refractivity contribution >= 4 is 9.52 Å². The van der Waals surface area contributed by atoms with Gasteiger partial charge >= 0.3 is 0 Å². The summed E-state index contributed by atoms with van der Waals surface area (Å²) in [5, 5.41) is 0. The first-order valence-electron chi connectivity index (χ1n) is 3.43. The standard InChI is InChI=1S/C8H12Si/c1-3-9-8-6-4-5-7(8)2/h4-6,8H,3H2,1-2H3. The smallest absolute Gasteiger partial charge is 0.0519 e. The van der Waals surface area contributed by atoms with Gasteiger partial charge in [-0.3, -0.25) is 0 Å². The van der Waals surface area contributed by atoms with Crippen molar-refractivity contribution in [3.05, 3.63) is 23.8 Å². The van der Waals surface area contributed by atoms with Crippen LogP contribution in [0.3, 0.4) is 0 Å². The summed E-state index contributed by atoms with van der Waals surface area (Å²) in [5.74, 6) is 0. The Balaban J connectivity index is 2.43. The van der Waals surface area contributed by atoms with Crippen LogP contribution in [0.25, 0.3) is 0 Å². The van der Waals surface area contributed by atoms with Gasteiger partial charge in [-0.25, -0.2) is 0 Å². The lowest BCUT2D eigenvalue weighted by Gasteiger charge is -2.04. The van der Waals surface area contributed by atoms with Crippen molar-refractivity contribution in [1.82, 2.24) is 0 Å². The van der Waals surface area contributed by atoms with E-state index in [4.69, 9.17) is 0 Å². The fourth-order valence-electron chi connectivity index (χ4n) is 1.02. The second kappa shape index (κ2) is 3.02. The maximum Gasteiger partial charge on any atom is 0.0519 e. The molecule has 0 saturated heterocycles. The normalized spacial score (nSPS) is 24.7. The highest BCUT2D eigenvalue weighted by Gasteiger charge is 2.08. The van der Waals surface area contributed by atoms with Gasteiger partial charge in [-0.05, 0) is 12.5 Å². The summed E-state index contributed by atoms with van der Waals surface area (Å²) in [5.41, 5.74) is 2.32. The Morgan fingerprint density at radius 2 is 2.44 bits per heavy atom. The molecular weight excluding hydrogens is 124 g/mol. The molecule has 1 atom stereocenters. The van der Waals surface area contributed by atoms with E-state index in [1.165, 1.54) is 11.6 Å². The Bertz CT molecular complexity index is 145. The largest absolute Gasteiger partial charge is 0.0806 e. The molecule has 1 rings (SSSR count). The zero-order chi connectivity index (χ0) is 6.69. The van der Waals surface area contributed by atoms with Gasteiger partial charge in [0.25, 0.3) is 0 Å². The van der Waals surface area contributed by atoms with Gasteiger partial charge in [-0.15, -0.1) is 0 Å². The molecule has 0 aliphatic heterocycles. The molecule has 1 aliphatic rings. The van der Waals surface area contributed by atoms with Gasteiger partial charge in [-0.1, -0.05) is 36.8 Å². The average Bonchev–Trinajstić information content (AvgIpc) is 2.18. The average molecular weight is 136 g/mol. The molecule has 1 aliphatic carbocycles. The summed E-state index contributed by atoms with van der Waals surface area (Å²) in [6, 6.07) is 1.32. The molecule has 0 aromatic rings. The van der Waals surface area contributed by atoms with E-state index >= 15 is 0 Å². The molecule has 1 unspecified atom stereocenters. The first kappa shape index (κ1) is 6.81. The van der Waals surface area contributed by atoms with E-state index < -0.39 is 0 Å². The van der Waals surface area contributed by atoms with E-state index in [1.54, 1.807) is 0 Å². The second-order valence-corrected chi connectivity index (χ2v) is 4.07. The molecule has 0 aromatic carbocycles. The summed E-state index contributed by atoms with van der Waals surface area (Å²) in [4.78, 5) is 0. The third-order valence-electron chi connectivity index (χ3n) is 1.58. The van der Waals surface area contributed by atoms with Crippen LogP contribution in [0.1, 0.15) is 13.8 Å². The van der Waals surface area contributed by atoms with Crippen molar-refractivity contribution < 1.29 is 0 Å². The lowest BCUT2D eigenvalue weighted by atomic mass is 10.3. The summed E-state index contributed by atoms with van der Waals surface area (Å²) in [6.07, 6.45) is 6.69. The molecule has 48 valence electrons. The quantitative estimate of drug-likeness (QED) is 0.511. The Kier molecular flexibility index (Phi) is 2.28. The number of hydrogen-bond acceptors (Lipinski definition) is 0. The summed E-state index contributed by atoms with van der Waals surface area (Å²) in [6.45, 7) is 4.46. The number of allylic oxidation sites excluding steroid dienone is 4. The maximum absolute atomic E-state index is 2.30.